The fourth-order valence-corrected chi connectivity index (χ4v) is 7.16. The van der Waals surface area contributed by atoms with E-state index in [-0.39, 0.29) is 72.5 Å². The fraction of sp³-hybridized carbons (Fsp3) is 0.720. The van der Waals surface area contributed by atoms with Gasteiger partial charge in [-0.1, -0.05) is 142 Å². The Morgan fingerprint density at radius 3 is 1.97 bits per heavy atom. The zero-order chi connectivity index (χ0) is 46.1. The molecule has 0 saturated carbocycles. The van der Waals surface area contributed by atoms with Gasteiger partial charge in [0.1, 0.15) is 24.7 Å². The topological polar surface area (TPSA) is 130 Å². The number of hydrogen-bond acceptors (Lipinski definition) is 10. The van der Waals surface area contributed by atoms with E-state index in [4.69, 9.17) is 28.4 Å². The Hall–Kier alpha value is -3.18. The quantitative estimate of drug-likeness (QED) is 0.0430. The minimum atomic E-state index is -0.664. The van der Waals surface area contributed by atoms with Gasteiger partial charge in [-0.2, -0.15) is 0 Å². The summed E-state index contributed by atoms with van der Waals surface area (Å²) in [5, 5.41) is 22.1. The van der Waals surface area contributed by atoms with Crippen LogP contribution >= 0.6 is 0 Å². The molecule has 0 bridgehead atoms. The van der Waals surface area contributed by atoms with Gasteiger partial charge >= 0.3 is 11.9 Å². The largest absolute Gasteiger partial charge is 0.507 e. The summed E-state index contributed by atoms with van der Waals surface area (Å²) in [6.07, 6.45) is 4.63. The fourth-order valence-electron chi connectivity index (χ4n) is 7.16. The van der Waals surface area contributed by atoms with Crippen LogP contribution in [-0.2, 0) is 49.8 Å². The molecule has 1 unspecified atom stereocenters. The first-order chi connectivity index (χ1) is 27.4. The SMILES string of the molecule is C=C/C(=C(O)\C(=C/CCCC(=O)OCC(C)(C)C(OC)OCC1(C)COC(C(C)(C)COC(=O)CCc2cc(C(C)C)c(O)c(C(C)(C)C)c2)OC1)C(C)(C)C)C(C)(C)C. The molecule has 0 aliphatic carbocycles. The van der Waals surface area contributed by atoms with Gasteiger partial charge in [0.2, 0.25) is 0 Å². The highest BCUT2D eigenvalue weighted by molar-refractivity contribution is 5.70. The summed E-state index contributed by atoms with van der Waals surface area (Å²) in [4.78, 5) is 25.7. The first-order valence-electron chi connectivity index (χ1n) is 21.7. The van der Waals surface area contributed by atoms with Crippen LogP contribution in [0, 0.1) is 27.1 Å². The Bertz CT molecular complexity index is 1650. The molecule has 0 radical (unpaired) electrons. The van der Waals surface area contributed by atoms with Crippen molar-refractivity contribution in [2.75, 3.05) is 40.1 Å². The molecule has 1 aromatic carbocycles. The molecule has 0 aromatic heterocycles. The van der Waals surface area contributed by atoms with E-state index >= 15 is 0 Å². The van der Waals surface area contributed by atoms with Crippen molar-refractivity contribution < 1.29 is 48.2 Å². The molecule has 1 aliphatic heterocycles. The number of esters is 2. The maximum atomic E-state index is 12.9. The van der Waals surface area contributed by atoms with Gasteiger partial charge in [0.25, 0.3) is 0 Å². The van der Waals surface area contributed by atoms with Crippen LogP contribution in [0.4, 0.5) is 0 Å². The number of carbonyl (C=O) groups excluding carboxylic acids is 2. The zero-order valence-corrected chi connectivity index (χ0v) is 40.5. The van der Waals surface area contributed by atoms with Crippen LogP contribution in [0.25, 0.3) is 0 Å². The molecule has 10 nitrogen and oxygen atoms in total. The Balaban J connectivity index is 1.88. The van der Waals surface area contributed by atoms with Crippen molar-refractivity contribution in [3.05, 3.63) is 64.5 Å². The molecule has 1 fully saturated rings. The monoisotopic (exact) mass is 843 g/mol. The maximum absolute atomic E-state index is 12.9. The summed E-state index contributed by atoms with van der Waals surface area (Å²) in [6.45, 7) is 37.6. The standard InChI is InChI=1S/C50H82O10/c1-19-36(45(4,5)6)42(54)37(46(7,8)9)22-20-21-23-39(51)56-28-48(13,14)43(55-18)58-30-50(17)31-59-44(60-32-50)49(15,16)29-57-40(52)25-24-34-26-35(33(2)3)41(53)38(27-34)47(10,11)12/h19,22,26-27,33,43-44,53-54H,1,20-21,23-25,28-32H2,2-18H3/b37-22+,42-36-. The number of aromatic hydroxyl groups is 1. The Morgan fingerprint density at radius 1 is 0.900 bits per heavy atom. The highest BCUT2D eigenvalue weighted by Gasteiger charge is 2.42. The average molecular weight is 843 g/mol. The van der Waals surface area contributed by atoms with Gasteiger partial charge in [-0.05, 0) is 69.3 Å². The number of aryl methyl sites for hydroxylation is 1. The summed E-state index contributed by atoms with van der Waals surface area (Å²) in [6, 6.07) is 3.99. The number of allylic oxidation sites excluding steroid dienone is 4. The number of methoxy groups -OCH3 is 1. The Kier molecular flexibility index (Phi) is 18.8. The molecular formula is C50H82O10. The van der Waals surface area contributed by atoms with Crippen molar-refractivity contribution >= 4 is 11.9 Å². The number of carbonyl (C=O) groups is 2. The van der Waals surface area contributed by atoms with E-state index in [2.05, 4.69) is 62.0 Å². The summed E-state index contributed by atoms with van der Waals surface area (Å²) >= 11 is 0. The lowest BCUT2D eigenvalue weighted by Gasteiger charge is -2.43. The van der Waals surface area contributed by atoms with Crippen LogP contribution in [0.1, 0.15) is 159 Å². The molecule has 60 heavy (non-hydrogen) atoms. The van der Waals surface area contributed by atoms with Crippen molar-refractivity contribution in [2.45, 2.75) is 167 Å². The third kappa shape index (κ3) is 15.6. The van der Waals surface area contributed by atoms with E-state index in [1.54, 1.807) is 13.2 Å². The van der Waals surface area contributed by atoms with Crippen molar-refractivity contribution in [1.82, 2.24) is 0 Å². The van der Waals surface area contributed by atoms with E-state index < -0.39 is 28.8 Å². The van der Waals surface area contributed by atoms with Crippen LogP contribution in [0.5, 0.6) is 5.75 Å². The Labute approximate surface area is 363 Å². The van der Waals surface area contributed by atoms with E-state index in [0.717, 1.165) is 27.8 Å². The van der Waals surface area contributed by atoms with Gasteiger partial charge < -0.3 is 38.6 Å². The maximum Gasteiger partial charge on any atom is 0.306 e. The molecule has 2 rings (SSSR count). The van der Waals surface area contributed by atoms with E-state index in [9.17, 15) is 19.8 Å². The third-order valence-electron chi connectivity index (χ3n) is 11.0. The minimum absolute atomic E-state index is 0.107. The molecule has 0 amide bonds. The molecule has 1 aromatic rings. The summed E-state index contributed by atoms with van der Waals surface area (Å²) in [5.74, 6) is 0.118. The van der Waals surface area contributed by atoms with E-state index in [0.29, 0.717) is 38.2 Å². The van der Waals surface area contributed by atoms with E-state index in [1.165, 1.54) is 0 Å². The molecule has 1 heterocycles. The van der Waals surface area contributed by atoms with Crippen molar-refractivity contribution in [1.29, 1.82) is 0 Å². The molecule has 0 spiro atoms. The predicted molar refractivity (Wildman–Crippen MR) is 240 cm³/mol. The van der Waals surface area contributed by atoms with Crippen molar-refractivity contribution in [3.63, 3.8) is 0 Å². The second-order valence-corrected chi connectivity index (χ2v) is 21.9. The molecule has 10 heteroatoms. The summed E-state index contributed by atoms with van der Waals surface area (Å²) < 4.78 is 35.9. The van der Waals surface area contributed by atoms with Gasteiger partial charge in [-0.15, -0.1) is 0 Å². The third-order valence-corrected chi connectivity index (χ3v) is 11.0. The number of unbranched alkanes of at least 4 members (excludes halogenated alkanes) is 1. The second-order valence-electron chi connectivity index (χ2n) is 21.9. The number of ether oxygens (including phenoxy) is 6. The van der Waals surface area contributed by atoms with Gasteiger partial charge in [0, 0.05) is 36.2 Å². The normalized spacial score (nSPS) is 19.5. The molecule has 1 saturated heterocycles. The number of rotatable bonds is 20. The molecule has 342 valence electrons. The highest BCUT2D eigenvalue weighted by atomic mass is 16.7. The van der Waals surface area contributed by atoms with Gasteiger partial charge in [0.15, 0.2) is 12.6 Å². The Morgan fingerprint density at radius 2 is 1.47 bits per heavy atom. The number of aliphatic hydroxyl groups is 1. The first kappa shape index (κ1) is 53.0. The van der Waals surface area contributed by atoms with Crippen LogP contribution < -0.4 is 0 Å². The lowest BCUT2D eigenvalue weighted by molar-refractivity contribution is -0.290. The number of benzene rings is 1. The van der Waals surface area contributed by atoms with Gasteiger partial charge in [0.05, 0.1) is 19.8 Å². The highest BCUT2D eigenvalue weighted by Crippen LogP contribution is 2.40. The van der Waals surface area contributed by atoms with Crippen LogP contribution in [0.15, 0.2) is 47.8 Å². The van der Waals surface area contributed by atoms with Gasteiger partial charge in [-0.3, -0.25) is 9.59 Å². The molecule has 2 N–H and O–H groups in total. The van der Waals surface area contributed by atoms with E-state index in [1.807, 2.05) is 73.6 Å². The first-order valence-corrected chi connectivity index (χ1v) is 21.7. The molecule has 1 atom stereocenters. The minimum Gasteiger partial charge on any atom is -0.507 e. The zero-order valence-electron chi connectivity index (χ0n) is 40.5. The predicted octanol–water partition coefficient (Wildman–Crippen LogP) is 11.4. The number of hydrogen-bond donors (Lipinski definition) is 2. The van der Waals surface area contributed by atoms with Crippen molar-refractivity contribution in [3.8, 4) is 5.75 Å². The summed E-state index contributed by atoms with van der Waals surface area (Å²) in [5.41, 5.74) is 1.86. The van der Waals surface area contributed by atoms with Crippen LogP contribution in [0.3, 0.4) is 0 Å². The number of phenols is 1. The van der Waals surface area contributed by atoms with Gasteiger partial charge in [-0.25, -0.2) is 0 Å². The lowest BCUT2D eigenvalue weighted by Crippen LogP contribution is -2.50. The van der Waals surface area contributed by atoms with Crippen LogP contribution in [-0.4, -0.2) is 74.9 Å². The molecular weight excluding hydrogens is 761 g/mol. The van der Waals surface area contributed by atoms with Crippen molar-refractivity contribution in [2.24, 2.45) is 27.1 Å². The lowest BCUT2D eigenvalue weighted by atomic mass is 9.78. The second kappa shape index (κ2) is 21.3. The summed E-state index contributed by atoms with van der Waals surface area (Å²) in [7, 11) is 1.57. The van der Waals surface area contributed by atoms with Crippen LogP contribution in [0.2, 0.25) is 0 Å². The average Bonchev–Trinajstić information content (AvgIpc) is 3.11. The number of phenolic OH excluding ortho intramolecular Hbond substituents is 1. The number of aliphatic hydroxyl groups excluding tert-OH is 1. The smallest absolute Gasteiger partial charge is 0.306 e. The molecule has 1 aliphatic rings.